The van der Waals surface area contributed by atoms with Crippen molar-refractivity contribution >= 4 is 34.2 Å². The van der Waals surface area contributed by atoms with Crippen LogP contribution in [0, 0.1) is 11.7 Å². The zero-order chi connectivity index (χ0) is 33.8. The van der Waals surface area contributed by atoms with E-state index in [4.69, 9.17) is 9.73 Å². The van der Waals surface area contributed by atoms with E-state index in [1.54, 1.807) is 36.4 Å². The van der Waals surface area contributed by atoms with Gasteiger partial charge in [0.25, 0.3) is 11.8 Å². The van der Waals surface area contributed by atoms with Gasteiger partial charge in [-0.25, -0.2) is 18.2 Å². The van der Waals surface area contributed by atoms with Crippen LogP contribution in [0.25, 0.3) is 11.1 Å². The number of aliphatic imine (C=N–C) groups is 1. The van der Waals surface area contributed by atoms with Gasteiger partial charge in [0.1, 0.15) is 17.5 Å². The number of carbonyl (C=O) groups is 1. The molecule has 4 aromatic carbocycles. The van der Waals surface area contributed by atoms with Crippen LogP contribution in [0.2, 0.25) is 0 Å². The number of amidine groups is 1. The average molecular weight is 682 g/mol. The van der Waals surface area contributed by atoms with Crippen molar-refractivity contribution in [1.29, 1.82) is 0 Å². The molecule has 1 saturated heterocycles. The molecule has 0 saturated carbocycles. The Morgan fingerprint density at radius 3 is 2.48 bits per heavy atom. The fraction of sp³-hybridized carbons (Fsp3) is 0.278. The first-order chi connectivity index (χ1) is 22.8. The first-order valence-corrected chi connectivity index (χ1v) is 16.3. The van der Waals surface area contributed by atoms with Crippen molar-refractivity contribution in [1.82, 2.24) is 5.32 Å². The molecule has 2 N–H and O–H groups in total. The highest BCUT2D eigenvalue weighted by molar-refractivity contribution is 8.13. The molecule has 3 aliphatic rings. The molecule has 2 heterocycles. The third kappa shape index (κ3) is 5.96. The van der Waals surface area contributed by atoms with Crippen LogP contribution >= 0.6 is 11.8 Å². The first kappa shape index (κ1) is 32.3. The number of alkyl halides is 5. The van der Waals surface area contributed by atoms with Crippen LogP contribution in [0.15, 0.2) is 89.9 Å². The number of hydrogen-bond acceptors (Lipinski definition) is 5. The first-order valence-electron chi connectivity index (χ1n) is 15.3. The van der Waals surface area contributed by atoms with Crippen LogP contribution in [0.1, 0.15) is 39.5 Å². The number of amides is 1. The molecule has 3 atom stereocenters. The number of fused-ring (bicyclic) bond motifs is 4. The molecule has 5 nitrogen and oxygen atoms in total. The summed E-state index contributed by atoms with van der Waals surface area (Å²) in [5.41, 5.74) is 2.52. The number of halogens is 6. The van der Waals surface area contributed by atoms with E-state index in [0.29, 0.717) is 17.5 Å². The van der Waals surface area contributed by atoms with Crippen molar-refractivity contribution in [2.24, 2.45) is 10.9 Å². The highest BCUT2D eigenvalue weighted by Gasteiger charge is 2.60. The summed E-state index contributed by atoms with van der Waals surface area (Å²) in [6.07, 6.45) is -6.88. The van der Waals surface area contributed by atoms with Gasteiger partial charge >= 0.3 is 6.18 Å². The molecule has 0 radical (unpaired) electrons. The fourth-order valence-corrected chi connectivity index (χ4v) is 8.11. The normalized spacial score (nSPS) is 21.6. The molecular weight excluding hydrogens is 652 g/mol. The minimum Gasteiger partial charge on any atom is -0.369 e. The van der Waals surface area contributed by atoms with E-state index < -0.39 is 54.4 Å². The van der Waals surface area contributed by atoms with Gasteiger partial charge in [0.15, 0.2) is 5.17 Å². The van der Waals surface area contributed by atoms with Gasteiger partial charge in [-0.1, -0.05) is 66.4 Å². The monoisotopic (exact) mass is 681 g/mol. The highest BCUT2D eigenvalue weighted by Crippen LogP contribution is 2.52. The molecular formula is C36H29F6N3O2S. The molecule has 1 amide bonds. The molecule has 0 bridgehead atoms. The van der Waals surface area contributed by atoms with Crippen molar-refractivity contribution in [3.05, 3.63) is 119 Å². The summed E-state index contributed by atoms with van der Waals surface area (Å²) in [5, 5.41) is 5.98. The predicted octanol–water partition coefficient (Wildman–Crippen LogP) is 8.64. The summed E-state index contributed by atoms with van der Waals surface area (Å²) in [5.74, 6) is -5.45. The lowest BCUT2D eigenvalue weighted by molar-refractivity contribution is -0.127. The molecule has 0 aromatic heterocycles. The number of nitrogens with one attached hydrogen (secondary N) is 2. The van der Waals surface area contributed by atoms with Gasteiger partial charge in [0.2, 0.25) is 0 Å². The lowest BCUT2D eigenvalue weighted by Crippen LogP contribution is -2.47. The Morgan fingerprint density at radius 2 is 1.73 bits per heavy atom. The van der Waals surface area contributed by atoms with Crippen molar-refractivity contribution in [2.45, 2.75) is 43.5 Å². The second-order valence-electron chi connectivity index (χ2n) is 12.3. The Balaban J connectivity index is 1.30. The second kappa shape index (κ2) is 12.0. The van der Waals surface area contributed by atoms with Gasteiger partial charge in [-0.3, -0.25) is 4.79 Å². The number of anilines is 2. The Kier molecular flexibility index (Phi) is 8.06. The molecule has 1 fully saturated rings. The van der Waals surface area contributed by atoms with E-state index in [2.05, 4.69) is 10.6 Å². The molecule has 0 spiro atoms. The Hall–Kier alpha value is -4.29. The lowest BCUT2D eigenvalue weighted by Gasteiger charge is -2.37. The summed E-state index contributed by atoms with van der Waals surface area (Å²) >= 11 is 1.06. The van der Waals surface area contributed by atoms with Crippen molar-refractivity contribution in [3.63, 3.8) is 0 Å². The number of nitrogens with zero attached hydrogens (tertiary/aromatic N) is 1. The minimum atomic E-state index is -4.49. The summed E-state index contributed by atoms with van der Waals surface area (Å²) in [6.45, 7) is 0.339. The SMILES string of the molecule is CC(F)(F)[C@H]1OC[C@]2(c3cc(Nc4c(CC(F)(F)F)ccc5c4Cc4ccccc4-5)ccc3F)N=C(NC(=O)c3ccccc3)SCC12. The number of rotatable bonds is 6. The summed E-state index contributed by atoms with van der Waals surface area (Å²) < 4.78 is 92.5. The van der Waals surface area contributed by atoms with Crippen molar-refractivity contribution in [2.75, 3.05) is 17.7 Å². The molecule has 4 aromatic rings. The Bertz CT molecular complexity index is 1930. The topological polar surface area (TPSA) is 62.7 Å². The molecule has 48 heavy (non-hydrogen) atoms. The number of hydrogen-bond donors (Lipinski definition) is 2. The van der Waals surface area contributed by atoms with Crippen LogP contribution in [-0.2, 0) is 23.1 Å². The fourth-order valence-electron chi connectivity index (χ4n) is 6.93. The molecule has 1 unspecified atom stereocenters. The van der Waals surface area contributed by atoms with Crippen LogP contribution in [0.5, 0.6) is 0 Å². The van der Waals surface area contributed by atoms with Crippen LogP contribution in [-0.4, -0.2) is 41.6 Å². The minimum absolute atomic E-state index is 0.0175. The molecule has 12 heteroatoms. The van der Waals surface area contributed by atoms with Gasteiger partial charge in [-0.2, -0.15) is 13.2 Å². The van der Waals surface area contributed by atoms with Gasteiger partial charge in [-0.05, 0) is 58.1 Å². The van der Waals surface area contributed by atoms with Crippen LogP contribution in [0.3, 0.4) is 0 Å². The maximum absolute atomic E-state index is 15.9. The average Bonchev–Trinajstić information content (AvgIpc) is 3.62. The zero-order valence-electron chi connectivity index (χ0n) is 25.5. The molecule has 2 aliphatic heterocycles. The summed E-state index contributed by atoms with van der Waals surface area (Å²) in [6, 6.07) is 23.0. The number of benzene rings is 4. The highest BCUT2D eigenvalue weighted by atomic mass is 32.2. The van der Waals surface area contributed by atoms with Crippen molar-refractivity contribution in [3.8, 4) is 11.1 Å². The Morgan fingerprint density at radius 1 is 0.979 bits per heavy atom. The maximum Gasteiger partial charge on any atom is 0.393 e. The second-order valence-corrected chi connectivity index (χ2v) is 13.3. The van der Waals surface area contributed by atoms with E-state index >= 15 is 4.39 Å². The van der Waals surface area contributed by atoms with Crippen LogP contribution in [0.4, 0.5) is 37.7 Å². The van der Waals surface area contributed by atoms with E-state index in [9.17, 15) is 26.7 Å². The standard InChI is InChI=1S/C36H29F6N3O2S/c1-34(38,39)31-28-18-48-33(44-32(46)20-7-3-2-4-8-20)45-35(28,19-47-31)27-16-23(12-14-29(27)37)43-30-22(17-36(40,41)42)11-13-25-24-10-6-5-9-21(24)15-26(25)30/h2-14,16,28,31,43H,15,17-19H2,1H3,(H,44,45,46)/t28?,31-,35+/m0/s1. The van der Waals surface area contributed by atoms with Gasteiger partial charge in [0.05, 0.1) is 13.0 Å². The van der Waals surface area contributed by atoms with Gasteiger partial charge in [0, 0.05) is 47.5 Å². The zero-order valence-corrected chi connectivity index (χ0v) is 26.3. The van der Waals surface area contributed by atoms with E-state index in [0.717, 1.165) is 41.4 Å². The van der Waals surface area contributed by atoms with E-state index in [1.807, 2.05) is 24.3 Å². The predicted molar refractivity (Wildman–Crippen MR) is 173 cm³/mol. The maximum atomic E-state index is 15.9. The Labute approximate surface area is 276 Å². The van der Waals surface area contributed by atoms with E-state index in [1.165, 1.54) is 18.2 Å². The number of carbonyl (C=O) groups excluding carboxylic acids is 1. The molecule has 1 aliphatic carbocycles. The van der Waals surface area contributed by atoms with Crippen LogP contribution < -0.4 is 10.6 Å². The number of ether oxygens (including phenoxy) is 1. The largest absolute Gasteiger partial charge is 0.393 e. The number of thioether (sulfide) groups is 1. The molecule has 248 valence electrons. The molecule has 7 rings (SSSR count). The summed E-state index contributed by atoms with van der Waals surface area (Å²) in [7, 11) is 0. The smallest absolute Gasteiger partial charge is 0.369 e. The third-order valence-electron chi connectivity index (χ3n) is 9.09. The van der Waals surface area contributed by atoms with E-state index in [-0.39, 0.29) is 33.4 Å². The van der Waals surface area contributed by atoms with Gasteiger partial charge < -0.3 is 15.4 Å². The van der Waals surface area contributed by atoms with Crippen molar-refractivity contribution < 1.29 is 35.9 Å². The third-order valence-corrected chi connectivity index (χ3v) is 10.1. The summed E-state index contributed by atoms with van der Waals surface area (Å²) in [4.78, 5) is 17.7. The quantitative estimate of drug-likeness (QED) is 0.176. The lowest BCUT2D eigenvalue weighted by atomic mass is 9.77. The van der Waals surface area contributed by atoms with Gasteiger partial charge in [-0.15, -0.1) is 0 Å².